The van der Waals surface area contributed by atoms with Gasteiger partial charge in [0, 0.05) is 16.6 Å². The van der Waals surface area contributed by atoms with Crippen molar-refractivity contribution in [3.63, 3.8) is 0 Å². The molecule has 4 heteroatoms. The molecule has 0 atom stereocenters. The summed E-state index contributed by atoms with van der Waals surface area (Å²) >= 11 is 3.36. The molecule has 0 aromatic heterocycles. The van der Waals surface area contributed by atoms with Gasteiger partial charge < -0.3 is 10.1 Å². The monoisotopic (exact) mass is 309 g/mol. The summed E-state index contributed by atoms with van der Waals surface area (Å²) in [6.07, 6.45) is 0. The van der Waals surface area contributed by atoms with E-state index in [0.717, 1.165) is 15.8 Å². The summed E-state index contributed by atoms with van der Waals surface area (Å²) in [6, 6.07) is 12.0. The maximum atomic E-state index is 13.2. The van der Waals surface area contributed by atoms with Crippen LogP contribution in [0.4, 0.5) is 4.39 Å². The van der Waals surface area contributed by atoms with Crippen LogP contribution in [0.2, 0.25) is 0 Å². The maximum Gasteiger partial charge on any atom is 0.132 e. The second-order valence-electron chi connectivity index (χ2n) is 3.84. The minimum Gasteiger partial charge on any atom is -0.457 e. The molecule has 0 unspecified atom stereocenters. The fourth-order valence-electron chi connectivity index (χ4n) is 1.61. The SMILES string of the molecule is CNCc1cc(F)ccc1Oc1ccc(Br)cc1. The van der Waals surface area contributed by atoms with Gasteiger partial charge in [-0.05, 0) is 49.5 Å². The Kier molecular flexibility index (Phi) is 4.33. The van der Waals surface area contributed by atoms with Crippen molar-refractivity contribution in [3.05, 3.63) is 58.3 Å². The first-order valence-corrected chi connectivity index (χ1v) is 6.35. The van der Waals surface area contributed by atoms with E-state index in [1.54, 1.807) is 6.07 Å². The molecule has 2 aromatic rings. The number of ether oxygens (including phenoxy) is 1. The Balaban J connectivity index is 2.25. The Bertz CT molecular complexity index is 528. The second kappa shape index (κ2) is 5.98. The van der Waals surface area contributed by atoms with E-state index in [4.69, 9.17) is 4.74 Å². The fourth-order valence-corrected chi connectivity index (χ4v) is 1.87. The smallest absolute Gasteiger partial charge is 0.132 e. The van der Waals surface area contributed by atoms with E-state index < -0.39 is 0 Å². The first kappa shape index (κ1) is 13.1. The lowest BCUT2D eigenvalue weighted by atomic mass is 10.2. The zero-order chi connectivity index (χ0) is 13.0. The summed E-state index contributed by atoms with van der Waals surface area (Å²) in [6.45, 7) is 0.559. The number of benzene rings is 2. The van der Waals surface area contributed by atoms with E-state index in [0.29, 0.717) is 12.3 Å². The van der Waals surface area contributed by atoms with Crippen molar-refractivity contribution in [2.45, 2.75) is 6.54 Å². The summed E-state index contributed by atoms with van der Waals surface area (Å²) in [5, 5.41) is 2.99. The molecule has 0 fully saturated rings. The average molecular weight is 310 g/mol. The minimum atomic E-state index is -0.261. The first-order valence-electron chi connectivity index (χ1n) is 5.55. The van der Waals surface area contributed by atoms with Gasteiger partial charge in [0.2, 0.25) is 0 Å². The Morgan fingerprint density at radius 3 is 2.56 bits per heavy atom. The molecule has 0 spiro atoms. The number of hydrogen-bond acceptors (Lipinski definition) is 2. The number of rotatable bonds is 4. The van der Waals surface area contributed by atoms with Gasteiger partial charge in [-0.15, -0.1) is 0 Å². The molecule has 18 heavy (non-hydrogen) atoms. The quantitative estimate of drug-likeness (QED) is 0.918. The highest BCUT2D eigenvalue weighted by molar-refractivity contribution is 9.10. The van der Waals surface area contributed by atoms with Crippen LogP contribution in [0.5, 0.6) is 11.5 Å². The van der Waals surface area contributed by atoms with Crippen LogP contribution in [-0.4, -0.2) is 7.05 Å². The summed E-state index contributed by atoms with van der Waals surface area (Å²) in [5.74, 6) is 1.12. The van der Waals surface area contributed by atoms with Crippen LogP contribution in [0, 0.1) is 5.82 Å². The lowest BCUT2D eigenvalue weighted by Gasteiger charge is -2.11. The molecule has 0 radical (unpaired) electrons. The van der Waals surface area contributed by atoms with Crippen LogP contribution in [0.1, 0.15) is 5.56 Å². The van der Waals surface area contributed by atoms with Gasteiger partial charge in [-0.3, -0.25) is 0 Å². The molecule has 0 heterocycles. The van der Waals surface area contributed by atoms with E-state index in [2.05, 4.69) is 21.2 Å². The Morgan fingerprint density at radius 2 is 1.89 bits per heavy atom. The van der Waals surface area contributed by atoms with Gasteiger partial charge in [-0.2, -0.15) is 0 Å². The predicted octanol–water partition coefficient (Wildman–Crippen LogP) is 4.10. The van der Waals surface area contributed by atoms with Crippen molar-refractivity contribution in [3.8, 4) is 11.5 Å². The number of nitrogens with one attached hydrogen (secondary N) is 1. The van der Waals surface area contributed by atoms with Gasteiger partial charge in [0.15, 0.2) is 0 Å². The summed E-state index contributed by atoms with van der Waals surface area (Å²) < 4.78 is 19.9. The van der Waals surface area contributed by atoms with Crippen LogP contribution >= 0.6 is 15.9 Å². The van der Waals surface area contributed by atoms with Gasteiger partial charge in [0.1, 0.15) is 17.3 Å². The third kappa shape index (κ3) is 3.31. The molecule has 1 N–H and O–H groups in total. The molecule has 0 saturated heterocycles. The number of hydrogen-bond donors (Lipinski definition) is 1. The van der Waals surface area contributed by atoms with E-state index in [9.17, 15) is 4.39 Å². The molecule has 2 rings (SSSR count). The van der Waals surface area contributed by atoms with Gasteiger partial charge in [0.05, 0.1) is 0 Å². The van der Waals surface area contributed by atoms with Gasteiger partial charge in [-0.1, -0.05) is 15.9 Å². The van der Waals surface area contributed by atoms with Crippen LogP contribution < -0.4 is 10.1 Å². The topological polar surface area (TPSA) is 21.3 Å². The average Bonchev–Trinajstić information content (AvgIpc) is 2.36. The molecular weight excluding hydrogens is 297 g/mol. The first-order chi connectivity index (χ1) is 8.69. The van der Waals surface area contributed by atoms with Gasteiger partial charge in [-0.25, -0.2) is 4.39 Å². The largest absolute Gasteiger partial charge is 0.457 e. The summed E-state index contributed by atoms with van der Waals surface area (Å²) in [4.78, 5) is 0. The van der Waals surface area contributed by atoms with Gasteiger partial charge >= 0.3 is 0 Å². The highest BCUT2D eigenvalue weighted by atomic mass is 79.9. The van der Waals surface area contributed by atoms with Crippen molar-refractivity contribution in [2.75, 3.05) is 7.05 Å². The molecule has 0 aliphatic heterocycles. The third-order valence-corrected chi connectivity index (χ3v) is 2.96. The molecule has 0 amide bonds. The summed E-state index contributed by atoms with van der Waals surface area (Å²) in [5.41, 5.74) is 0.792. The van der Waals surface area contributed by atoms with E-state index in [-0.39, 0.29) is 5.82 Å². The standard InChI is InChI=1S/C14H13BrFNO/c1-17-9-10-8-12(16)4-7-14(10)18-13-5-2-11(15)3-6-13/h2-8,17H,9H2,1H3. The lowest BCUT2D eigenvalue weighted by Crippen LogP contribution is -2.06. The molecule has 0 bridgehead atoms. The van der Waals surface area contributed by atoms with Crippen LogP contribution in [-0.2, 0) is 6.54 Å². The molecule has 0 aliphatic carbocycles. The molecule has 2 nitrogen and oxygen atoms in total. The molecule has 0 saturated carbocycles. The number of halogens is 2. The third-order valence-electron chi connectivity index (χ3n) is 2.43. The molecule has 2 aromatic carbocycles. The fraction of sp³-hybridized carbons (Fsp3) is 0.143. The van der Waals surface area contributed by atoms with E-state index in [1.807, 2.05) is 31.3 Å². The van der Waals surface area contributed by atoms with E-state index >= 15 is 0 Å². The Labute approximate surface area is 114 Å². The van der Waals surface area contributed by atoms with Crippen molar-refractivity contribution < 1.29 is 9.13 Å². The van der Waals surface area contributed by atoms with Crippen molar-refractivity contribution in [1.29, 1.82) is 0 Å². The highest BCUT2D eigenvalue weighted by Crippen LogP contribution is 2.27. The zero-order valence-corrected chi connectivity index (χ0v) is 11.5. The molecule has 0 aliphatic rings. The Hall–Kier alpha value is -1.39. The Morgan fingerprint density at radius 1 is 1.17 bits per heavy atom. The zero-order valence-electron chi connectivity index (χ0n) is 9.91. The van der Waals surface area contributed by atoms with Crippen LogP contribution in [0.3, 0.4) is 0 Å². The van der Waals surface area contributed by atoms with Crippen LogP contribution in [0.25, 0.3) is 0 Å². The van der Waals surface area contributed by atoms with Crippen molar-refractivity contribution >= 4 is 15.9 Å². The minimum absolute atomic E-state index is 0.261. The van der Waals surface area contributed by atoms with Gasteiger partial charge in [0.25, 0.3) is 0 Å². The molecular formula is C14H13BrFNO. The maximum absolute atomic E-state index is 13.2. The summed E-state index contributed by atoms with van der Waals surface area (Å²) in [7, 11) is 1.81. The van der Waals surface area contributed by atoms with E-state index in [1.165, 1.54) is 12.1 Å². The normalized spacial score (nSPS) is 10.4. The molecule has 94 valence electrons. The van der Waals surface area contributed by atoms with Crippen LogP contribution in [0.15, 0.2) is 46.9 Å². The van der Waals surface area contributed by atoms with Crippen molar-refractivity contribution in [2.24, 2.45) is 0 Å². The second-order valence-corrected chi connectivity index (χ2v) is 4.75. The lowest BCUT2D eigenvalue weighted by molar-refractivity contribution is 0.471. The predicted molar refractivity (Wildman–Crippen MR) is 73.4 cm³/mol. The highest BCUT2D eigenvalue weighted by Gasteiger charge is 2.06. The van der Waals surface area contributed by atoms with Crippen molar-refractivity contribution in [1.82, 2.24) is 5.32 Å².